The first-order valence-corrected chi connectivity index (χ1v) is 9.10. The molecule has 1 aromatic carbocycles. The summed E-state index contributed by atoms with van der Waals surface area (Å²) in [5, 5.41) is 13.1. The van der Waals surface area contributed by atoms with Crippen LogP contribution in [0.1, 0.15) is 46.5 Å². The lowest BCUT2D eigenvalue weighted by Gasteiger charge is -2.37. The summed E-state index contributed by atoms with van der Waals surface area (Å²) in [5.74, 6) is 0.743. The third-order valence-corrected chi connectivity index (χ3v) is 5.22. The van der Waals surface area contributed by atoms with Crippen LogP contribution < -0.4 is 10.6 Å². The molecular formula is C20H28N4O. The summed E-state index contributed by atoms with van der Waals surface area (Å²) >= 11 is 0. The molecule has 0 spiro atoms. The maximum atomic E-state index is 12.4. The van der Waals surface area contributed by atoms with Crippen molar-refractivity contribution in [2.45, 2.75) is 52.5 Å². The number of hydrogen-bond acceptors (Lipinski definition) is 2. The van der Waals surface area contributed by atoms with Crippen molar-refractivity contribution in [2.24, 2.45) is 11.3 Å². The number of H-pyrrole nitrogens is 1. The number of carbonyl (C=O) groups is 1. The molecule has 1 aliphatic rings. The van der Waals surface area contributed by atoms with Gasteiger partial charge in [-0.25, -0.2) is 4.79 Å². The standard InChI is InChI=1S/C20H28N4O/c1-20(2,3)15-9-11-16(12-10-15)22-19(25)23-17-13-21-24-18(17)14-7-5-4-6-8-14/h4-8,13,15-16H,9-12H2,1-3H3,(H,21,24)(H2,22,23,25). The Morgan fingerprint density at radius 1 is 1.12 bits per heavy atom. The van der Waals surface area contributed by atoms with Crippen LogP contribution in [-0.2, 0) is 0 Å². The molecule has 0 unspecified atom stereocenters. The maximum Gasteiger partial charge on any atom is 0.319 e. The van der Waals surface area contributed by atoms with Crippen LogP contribution in [0.2, 0.25) is 0 Å². The minimum atomic E-state index is -0.155. The second kappa shape index (κ2) is 7.30. The lowest BCUT2D eigenvalue weighted by molar-refractivity contribution is 0.161. The van der Waals surface area contributed by atoms with Gasteiger partial charge in [-0.05, 0) is 37.0 Å². The van der Waals surface area contributed by atoms with Crippen LogP contribution in [0.15, 0.2) is 36.5 Å². The molecule has 2 aromatic rings. The van der Waals surface area contributed by atoms with Gasteiger partial charge in [-0.3, -0.25) is 5.10 Å². The molecule has 0 atom stereocenters. The topological polar surface area (TPSA) is 69.8 Å². The molecule has 5 heteroatoms. The zero-order chi connectivity index (χ0) is 17.9. The highest BCUT2D eigenvalue weighted by Gasteiger charge is 2.30. The van der Waals surface area contributed by atoms with E-state index in [-0.39, 0.29) is 12.1 Å². The monoisotopic (exact) mass is 340 g/mol. The minimum absolute atomic E-state index is 0.155. The number of carbonyl (C=O) groups excluding carboxylic acids is 1. The van der Waals surface area contributed by atoms with Crippen molar-refractivity contribution < 1.29 is 4.79 Å². The van der Waals surface area contributed by atoms with Gasteiger partial charge in [0.05, 0.1) is 5.69 Å². The highest BCUT2D eigenvalue weighted by Crippen LogP contribution is 2.37. The van der Waals surface area contributed by atoms with Crippen LogP contribution in [0, 0.1) is 11.3 Å². The van der Waals surface area contributed by atoms with E-state index in [0.29, 0.717) is 11.1 Å². The number of rotatable bonds is 3. The van der Waals surface area contributed by atoms with Gasteiger partial charge in [0.25, 0.3) is 0 Å². The average molecular weight is 340 g/mol. The van der Waals surface area contributed by atoms with Crippen LogP contribution in [0.5, 0.6) is 0 Å². The number of anilines is 1. The van der Waals surface area contributed by atoms with Gasteiger partial charge in [0.2, 0.25) is 0 Å². The number of hydrogen-bond donors (Lipinski definition) is 3. The van der Waals surface area contributed by atoms with Gasteiger partial charge in [-0.15, -0.1) is 0 Å². The second-order valence-electron chi connectivity index (χ2n) is 8.03. The number of urea groups is 1. The smallest absolute Gasteiger partial charge is 0.319 e. The van der Waals surface area contributed by atoms with Gasteiger partial charge in [0, 0.05) is 17.8 Å². The average Bonchev–Trinajstić information content (AvgIpc) is 3.03. The molecule has 3 rings (SSSR count). The zero-order valence-corrected chi connectivity index (χ0v) is 15.3. The van der Waals surface area contributed by atoms with Gasteiger partial charge in [0.1, 0.15) is 5.69 Å². The third-order valence-electron chi connectivity index (χ3n) is 5.22. The van der Waals surface area contributed by atoms with E-state index in [1.165, 1.54) is 12.8 Å². The Bertz CT molecular complexity index is 694. The Morgan fingerprint density at radius 3 is 2.44 bits per heavy atom. The fourth-order valence-corrected chi connectivity index (χ4v) is 3.65. The first-order chi connectivity index (χ1) is 11.9. The summed E-state index contributed by atoms with van der Waals surface area (Å²) in [6, 6.07) is 9.94. The van der Waals surface area contributed by atoms with Crippen molar-refractivity contribution in [3.63, 3.8) is 0 Å². The zero-order valence-electron chi connectivity index (χ0n) is 15.3. The van der Waals surface area contributed by atoms with E-state index in [2.05, 4.69) is 41.6 Å². The molecule has 0 radical (unpaired) electrons. The molecule has 1 saturated carbocycles. The van der Waals surface area contributed by atoms with E-state index in [9.17, 15) is 4.79 Å². The lowest BCUT2D eigenvalue weighted by atomic mass is 9.71. The van der Waals surface area contributed by atoms with Crippen molar-refractivity contribution in [3.8, 4) is 11.3 Å². The Hall–Kier alpha value is -2.30. The second-order valence-corrected chi connectivity index (χ2v) is 8.03. The lowest BCUT2D eigenvalue weighted by Crippen LogP contribution is -2.41. The van der Waals surface area contributed by atoms with Gasteiger partial charge < -0.3 is 10.6 Å². The molecule has 2 amide bonds. The molecular weight excluding hydrogens is 312 g/mol. The summed E-state index contributed by atoms with van der Waals surface area (Å²) in [6.07, 6.45) is 6.17. The van der Waals surface area contributed by atoms with Gasteiger partial charge >= 0.3 is 6.03 Å². The molecule has 1 heterocycles. The Morgan fingerprint density at radius 2 is 1.80 bits per heavy atom. The van der Waals surface area contributed by atoms with Crippen molar-refractivity contribution in [2.75, 3.05) is 5.32 Å². The van der Waals surface area contributed by atoms with E-state index in [4.69, 9.17) is 0 Å². The van der Waals surface area contributed by atoms with E-state index >= 15 is 0 Å². The number of aromatic amines is 1. The van der Waals surface area contributed by atoms with Crippen LogP contribution >= 0.6 is 0 Å². The summed E-state index contributed by atoms with van der Waals surface area (Å²) in [5.41, 5.74) is 2.79. The fraction of sp³-hybridized carbons (Fsp3) is 0.500. The highest BCUT2D eigenvalue weighted by atomic mass is 16.2. The molecule has 134 valence electrons. The third kappa shape index (κ3) is 4.41. The number of amides is 2. The first-order valence-electron chi connectivity index (χ1n) is 9.10. The molecule has 5 nitrogen and oxygen atoms in total. The van der Waals surface area contributed by atoms with Crippen LogP contribution in [0.25, 0.3) is 11.3 Å². The summed E-state index contributed by atoms with van der Waals surface area (Å²) in [4.78, 5) is 12.4. The molecule has 0 bridgehead atoms. The van der Waals surface area contributed by atoms with Crippen molar-refractivity contribution >= 4 is 11.7 Å². The van der Waals surface area contributed by atoms with Crippen molar-refractivity contribution in [1.82, 2.24) is 15.5 Å². The van der Waals surface area contributed by atoms with E-state index in [1.54, 1.807) is 6.20 Å². The Kier molecular flexibility index (Phi) is 5.11. The minimum Gasteiger partial charge on any atom is -0.335 e. The Labute approximate surface area is 149 Å². The summed E-state index contributed by atoms with van der Waals surface area (Å²) in [6.45, 7) is 6.92. The largest absolute Gasteiger partial charge is 0.335 e. The quantitative estimate of drug-likeness (QED) is 0.751. The van der Waals surface area contributed by atoms with Crippen molar-refractivity contribution in [1.29, 1.82) is 0 Å². The van der Waals surface area contributed by atoms with Gasteiger partial charge in [0.15, 0.2) is 0 Å². The van der Waals surface area contributed by atoms with Gasteiger partial charge in [-0.2, -0.15) is 5.10 Å². The van der Waals surface area contributed by atoms with Crippen molar-refractivity contribution in [3.05, 3.63) is 36.5 Å². The number of nitrogens with one attached hydrogen (secondary N) is 3. The number of benzene rings is 1. The maximum absolute atomic E-state index is 12.4. The van der Waals surface area contributed by atoms with Crippen LogP contribution in [-0.4, -0.2) is 22.3 Å². The summed E-state index contributed by atoms with van der Waals surface area (Å²) < 4.78 is 0. The summed E-state index contributed by atoms with van der Waals surface area (Å²) in [7, 11) is 0. The molecule has 25 heavy (non-hydrogen) atoms. The van der Waals surface area contributed by atoms with Crippen LogP contribution in [0.3, 0.4) is 0 Å². The number of nitrogens with zero attached hydrogens (tertiary/aromatic N) is 1. The van der Waals surface area contributed by atoms with Crippen LogP contribution in [0.4, 0.5) is 10.5 Å². The highest BCUT2D eigenvalue weighted by molar-refractivity contribution is 5.93. The molecule has 1 fully saturated rings. The SMILES string of the molecule is CC(C)(C)C1CCC(NC(=O)Nc2c[nH]nc2-c2ccccc2)CC1. The van der Waals surface area contributed by atoms with Gasteiger partial charge in [-0.1, -0.05) is 51.1 Å². The molecule has 3 N–H and O–H groups in total. The molecule has 1 aliphatic carbocycles. The van der Waals surface area contributed by atoms with E-state index in [1.807, 2.05) is 30.3 Å². The molecule has 0 saturated heterocycles. The molecule has 1 aromatic heterocycles. The fourth-order valence-electron chi connectivity index (χ4n) is 3.65. The van der Waals surface area contributed by atoms with E-state index in [0.717, 1.165) is 30.0 Å². The predicted molar refractivity (Wildman–Crippen MR) is 101 cm³/mol. The number of aromatic nitrogens is 2. The molecule has 0 aliphatic heterocycles. The normalized spacial score (nSPS) is 20.9. The Balaban J connectivity index is 1.55. The van der Waals surface area contributed by atoms with E-state index < -0.39 is 0 Å². The predicted octanol–water partition coefficient (Wildman–Crippen LogP) is 4.80. The first kappa shape index (κ1) is 17.5.